The van der Waals surface area contributed by atoms with Crippen LogP contribution in [0.25, 0.3) is 0 Å². The van der Waals surface area contributed by atoms with Crippen LogP contribution in [0.1, 0.15) is 96.3 Å². The molecule has 0 radical (unpaired) electrons. The van der Waals surface area contributed by atoms with Crippen molar-refractivity contribution in [3.63, 3.8) is 0 Å². The van der Waals surface area contributed by atoms with Gasteiger partial charge < -0.3 is 9.84 Å². The number of aromatic hydroxyl groups is 1. The van der Waals surface area contributed by atoms with Gasteiger partial charge in [0.05, 0.1) is 0 Å². The molecule has 0 amide bonds. The van der Waals surface area contributed by atoms with Crippen LogP contribution in [-0.2, 0) is 6.42 Å². The van der Waals surface area contributed by atoms with Crippen molar-refractivity contribution >= 4 is 0 Å². The molecular weight excluding hydrogens is 368 g/mol. The summed E-state index contributed by atoms with van der Waals surface area (Å²) in [6, 6.07) is 1.89. The van der Waals surface area contributed by atoms with Gasteiger partial charge in [0.15, 0.2) is 0 Å². The van der Waals surface area contributed by atoms with Gasteiger partial charge >= 0.3 is 0 Å². The fraction of sp³-hybridized carbons (Fsp3) is 0.571. The molecule has 0 aliphatic carbocycles. The van der Waals surface area contributed by atoms with Crippen molar-refractivity contribution in [3.8, 4) is 11.5 Å². The molecule has 2 rings (SSSR count). The summed E-state index contributed by atoms with van der Waals surface area (Å²) in [6.07, 6.45) is 15.8. The van der Waals surface area contributed by atoms with Gasteiger partial charge in [-0.25, -0.2) is 0 Å². The molecule has 1 N–H and O–H groups in total. The topological polar surface area (TPSA) is 29.5 Å². The third-order valence-corrected chi connectivity index (χ3v) is 6.45. The van der Waals surface area contributed by atoms with E-state index in [1.54, 1.807) is 0 Å². The molecule has 1 atom stereocenters. The second-order valence-corrected chi connectivity index (χ2v) is 9.68. The molecule has 1 aliphatic heterocycles. The highest BCUT2D eigenvalue weighted by molar-refractivity contribution is 5.53. The minimum absolute atomic E-state index is 0.126. The number of rotatable bonds is 9. The van der Waals surface area contributed by atoms with Crippen LogP contribution >= 0.6 is 0 Å². The van der Waals surface area contributed by atoms with E-state index < -0.39 is 0 Å². The summed E-state index contributed by atoms with van der Waals surface area (Å²) < 4.78 is 6.48. The maximum atomic E-state index is 10.1. The molecule has 1 aromatic rings. The van der Waals surface area contributed by atoms with Gasteiger partial charge in [-0.05, 0) is 123 Å². The molecular formula is C28H42O2. The van der Waals surface area contributed by atoms with Crippen molar-refractivity contribution in [1.82, 2.24) is 0 Å². The van der Waals surface area contributed by atoms with Gasteiger partial charge in [0.25, 0.3) is 0 Å². The predicted molar refractivity (Wildman–Crippen MR) is 130 cm³/mol. The molecule has 0 spiro atoms. The average Bonchev–Trinajstić information content (AvgIpc) is 2.67. The number of hydrogen-bond donors (Lipinski definition) is 1. The van der Waals surface area contributed by atoms with E-state index in [0.717, 1.165) is 67.4 Å². The number of benzene rings is 1. The maximum absolute atomic E-state index is 10.1. The van der Waals surface area contributed by atoms with Crippen LogP contribution in [0.2, 0.25) is 0 Å². The lowest BCUT2D eigenvalue weighted by molar-refractivity contribution is 0.0560. The van der Waals surface area contributed by atoms with Crippen molar-refractivity contribution in [2.75, 3.05) is 0 Å². The molecule has 2 heteroatoms. The number of phenolic OH excluding ortho intramolecular Hbond substituents is 1. The zero-order valence-corrected chi connectivity index (χ0v) is 20.3. The Morgan fingerprint density at radius 3 is 2.20 bits per heavy atom. The Balaban J connectivity index is 1.83. The van der Waals surface area contributed by atoms with Crippen LogP contribution in [0, 0.1) is 13.8 Å². The number of aryl methyl sites for hydroxylation is 1. The van der Waals surface area contributed by atoms with Crippen molar-refractivity contribution in [1.29, 1.82) is 0 Å². The molecule has 166 valence electrons. The number of allylic oxidation sites excluding steroid dienone is 6. The van der Waals surface area contributed by atoms with Crippen LogP contribution in [0.15, 0.2) is 41.0 Å². The molecule has 0 unspecified atom stereocenters. The zero-order valence-electron chi connectivity index (χ0n) is 20.3. The van der Waals surface area contributed by atoms with Crippen molar-refractivity contribution in [2.24, 2.45) is 0 Å². The third kappa shape index (κ3) is 7.07. The molecule has 0 saturated carbocycles. The normalized spacial score (nSPS) is 19.3. The smallest absolute Gasteiger partial charge is 0.126 e. The van der Waals surface area contributed by atoms with Crippen LogP contribution in [0.3, 0.4) is 0 Å². The summed E-state index contributed by atoms with van der Waals surface area (Å²) in [5.74, 6) is 1.38. The fourth-order valence-electron chi connectivity index (χ4n) is 4.11. The minimum Gasteiger partial charge on any atom is -0.508 e. The Labute approximate surface area is 184 Å². The first kappa shape index (κ1) is 24.3. The van der Waals surface area contributed by atoms with Gasteiger partial charge in [-0.15, -0.1) is 0 Å². The lowest BCUT2D eigenvalue weighted by Gasteiger charge is -2.37. The first-order chi connectivity index (χ1) is 14.1. The molecule has 0 saturated heterocycles. The quantitative estimate of drug-likeness (QED) is 0.415. The summed E-state index contributed by atoms with van der Waals surface area (Å²) in [5.41, 5.74) is 7.40. The van der Waals surface area contributed by atoms with E-state index in [0.29, 0.717) is 5.75 Å². The van der Waals surface area contributed by atoms with Crippen molar-refractivity contribution in [2.45, 2.75) is 105 Å². The highest BCUT2D eigenvalue weighted by atomic mass is 16.5. The Hall–Kier alpha value is -1.96. The van der Waals surface area contributed by atoms with Crippen LogP contribution < -0.4 is 4.74 Å². The number of phenols is 1. The fourth-order valence-corrected chi connectivity index (χ4v) is 4.11. The molecule has 1 heterocycles. The highest BCUT2D eigenvalue weighted by Crippen LogP contribution is 2.41. The number of hydrogen-bond acceptors (Lipinski definition) is 2. The number of fused-ring (bicyclic) bond motifs is 1. The van der Waals surface area contributed by atoms with Crippen molar-refractivity contribution in [3.05, 3.63) is 57.7 Å². The summed E-state index contributed by atoms with van der Waals surface area (Å²) in [7, 11) is 0. The van der Waals surface area contributed by atoms with E-state index in [1.165, 1.54) is 23.1 Å². The predicted octanol–water partition coefficient (Wildman–Crippen LogP) is 8.29. The van der Waals surface area contributed by atoms with Gasteiger partial charge in [-0.1, -0.05) is 34.9 Å². The number of ether oxygens (including phenoxy) is 1. The third-order valence-electron chi connectivity index (χ3n) is 6.45. The van der Waals surface area contributed by atoms with E-state index in [9.17, 15) is 5.11 Å². The van der Waals surface area contributed by atoms with E-state index >= 15 is 0 Å². The molecule has 0 fully saturated rings. The minimum atomic E-state index is -0.126. The summed E-state index contributed by atoms with van der Waals surface area (Å²) in [5, 5.41) is 10.1. The molecule has 0 bridgehead atoms. The van der Waals surface area contributed by atoms with Crippen LogP contribution in [0.5, 0.6) is 11.5 Å². The van der Waals surface area contributed by atoms with Gasteiger partial charge in [0.1, 0.15) is 17.1 Å². The summed E-state index contributed by atoms with van der Waals surface area (Å²) in [4.78, 5) is 0. The van der Waals surface area contributed by atoms with Gasteiger partial charge in [-0.3, -0.25) is 0 Å². The van der Waals surface area contributed by atoms with Crippen LogP contribution in [-0.4, -0.2) is 10.7 Å². The van der Waals surface area contributed by atoms with Gasteiger partial charge in [-0.2, -0.15) is 0 Å². The Bertz CT molecular complexity index is 822. The second-order valence-electron chi connectivity index (χ2n) is 9.68. The van der Waals surface area contributed by atoms with E-state index in [4.69, 9.17) is 4.74 Å². The standard InChI is InChI=1S/C28H42O2/c1-20(2)11-8-12-21(3)13-9-14-22(4)15-10-17-28(7)18-16-25-19-26(29)23(5)24(6)27(25)30-28/h11,13,15,19,29H,8-10,12,14,16-18H2,1-7H3/b21-13-,22-15-/t28-/m1/s1. The highest BCUT2D eigenvalue weighted by Gasteiger charge is 2.32. The van der Waals surface area contributed by atoms with Crippen molar-refractivity contribution < 1.29 is 9.84 Å². The van der Waals surface area contributed by atoms with Gasteiger partial charge in [0.2, 0.25) is 0 Å². The maximum Gasteiger partial charge on any atom is 0.126 e. The zero-order chi connectivity index (χ0) is 22.3. The lowest BCUT2D eigenvalue weighted by atomic mass is 9.87. The Morgan fingerprint density at radius 1 is 0.967 bits per heavy atom. The van der Waals surface area contributed by atoms with Gasteiger partial charge in [0, 0.05) is 0 Å². The first-order valence-electron chi connectivity index (χ1n) is 11.6. The monoisotopic (exact) mass is 410 g/mol. The molecule has 1 aromatic carbocycles. The molecule has 1 aliphatic rings. The molecule has 0 aromatic heterocycles. The second kappa shape index (κ2) is 10.9. The molecule has 30 heavy (non-hydrogen) atoms. The Kier molecular flexibility index (Phi) is 8.82. The summed E-state index contributed by atoms with van der Waals surface area (Å²) >= 11 is 0. The lowest BCUT2D eigenvalue weighted by Crippen LogP contribution is -2.36. The molecule has 2 nitrogen and oxygen atoms in total. The van der Waals surface area contributed by atoms with Crippen LogP contribution in [0.4, 0.5) is 0 Å². The van der Waals surface area contributed by atoms with E-state index in [1.807, 2.05) is 13.0 Å². The van der Waals surface area contributed by atoms with E-state index in [-0.39, 0.29) is 5.60 Å². The SMILES string of the molecule is CC(C)=CCC/C(C)=C\CC/C(C)=C\CC[C@]1(C)CCc2cc(O)c(C)c(C)c2O1. The first-order valence-corrected chi connectivity index (χ1v) is 11.6. The Morgan fingerprint density at radius 2 is 1.57 bits per heavy atom. The summed E-state index contributed by atoms with van der Waals surface area (Å²) in [6.45, 7) is 15.1. The average molecular weight is 411 g/mol. The van der Waals surface area contributed by atoms with E-state index in [2.05, 4.69) is 59.8 Å². The largest absolute Gasteiger partial charge is 0.508 e.